The summed E-state index contributed by atoms with van der Waals surface area (Å²) in [5, 5.41) is 0. The Morgan fingerprint density at radius 3 is 2.44 bits per heavy atom. The molecule has 1 aliphatic carbocycles. The lowest BCUT2D eigenvalue weighted by Crippen LogP contribution is -2.38. The van der Waals surface area contributed by atoms with E-state index in [-0.39, 0.29) is 18.2 Å². The van der Waals surface area contributed by atoms with Crippen LogP contribution < -0.4 is 4.74 Å². The monoisotopic (exact) mass is 448 g/mol. The molecule has 1 aliphatic heterocycles. The molecule has 0 atom stereocenters. The SMILES string of the molecule is Cl.O=C1C(c2cccnc2)=C(c2ccccc2)c2ccc(OCCN3CCOCC3)cc21. The zero-order valence-electron chi connectivity index (χ0n) is 17.7. The van der Waals surface area contributed by atoms with Crippen LogP contribution in [0.1, 0.15) is 27.0 Å². The van der Waals surface area contributed by atoms with Crippen molar-refractivity contribution in [2.45, 2.75) is 0 Å². The highest BCUT2D eigenvalue weighted by Crippen LogP contribution is 2.43. The molecule has 1 fully saturated rings. The Hall–Kier alpha value is -2.99. The average Bonchev–Trinajstić information content (AvgIpc) is 3.13. The van der Waals surface area contributed by atoms with Gasteiger partial charge in [-0.1, -0.05) is 36.4 Å². The van der Waals surface area contributed by atoms with Gasteiger partial charge in [-0.25, -0.2) is 0 Å². The lowest BCUT2D eigenvalue weighted by Gasteiger charge is -2.26. The van der Waals surface area contributed by atoms with Crippen LogP contribution in [0.3, 0.4) is 0 Å². The van der Waals surface area contributed by atoms with Crippen molar-refractivity contribution in [3.05, 3.63) is 95.3 Å². The molecule has 5 rings (SSSR count). The third kappa shape index (κ3) is 4.46. The normalized spacial score (nSPS) is 15.9. The maximum Gasteiger partial charge on any atom is 0.195 e. The van der Waals surface area contributed by atoms with E-state index in [1.807, 2.05) is 60.7 Å². The third-order valence-electron chi connectivity index (χ3n) is 5.77. The van der Waals surface area contributed by atoms with Crippen LogP contribution >= 0.6 is 12.4 Å². The number of Topliss-reactive ketones (excluding diaryl/α,β-unsaturated/α-hetero) is 1. The van der Waals surface area contributed by atoms with Crippen molar-refractivity contribution in [2.24, 2.45) is 0 Å². The summed E-state index contributed by atoms with van der Waals surface area (Å²) >= 11 is 0. The maximum absolute atomic E-state index is 13.5. The Labute approximate surface area is 194 Å². The van der Waals surface area contributed by atoms with Gasteiger partial charge in [0.25, 0.3) is 0 Å². The van der Waals surface area contributed by atoms with E-state index in [2.05, 4.69) is 9.88 Å². The van der Waals surface area contributed by atoms with E-state index < -0.39 is 0 Å². The van der Waals surface area contributed by atoms with Crippen LogP contribution in [-0.2, 0) is 4.74 Å². The first-order valence-electron chi connectivity index (χ1n) is 10.6. The van der Waals surface area contributed by atoms with Crippen LogP contribution in [0.15, 0.2) is 73.1 Å². The zero-order valence-corrected chi connectivity index (χ0v) is 18.5. The number of rotatable bonds is 6. The Kier molecular flexibility index (Phi) is 7.00. The number of benzene rings is 2. The van der Waals surface area contributed by atoms with Crippen molar-refractivity contribution in [1.82, 2.24) is 9.88 Å². The van der Waals surface area contributed by atoms with Gasteiger partial charge in [0.15, 0.2) is 5.78 Å². The fraction of sp³-hybridized carbons (Fsp3) is 0.231. The Morgan fingerprint density at radius 2 is 1.69 bits per heavy atom. The summed E-state index contributed by atoms with van der Waals surface area (Å²) in [6.45, 7) is 4.86. The molecule has 2 aliphatic rings. The second kappa shape index (κ2) is 10.1. The maximum atomic E-state index is 13.5. The van der Waals surface area contributed by atoms with Crippen molar-refractivity contribution >= 4 is 29.3 Å². The van der Waals surface area contributed by atoms with Gasteiger partial charge in [-0.05, 0) is 35.4 Å². The molecule has 0 unspecified atom stereocenters. The molecule has 0 radical (unpaired) electrons. The van der Waals surface area contributed by atoms with E-state index in [0.717, 1.165) is 60.9 Å². The van der Waals surface area contributed by atoms with Gasteiger partial charge in [-0.3, -0.25) is 14.7 Å². The van der Waals surface area contributed by atoms with Crippen LogP contribution in [0.25, 0.3) is 11.1 Å². The highest BCUT2D eigenvalue weighted by molar-refractivity contribution is 6.41. The molecule has 0 N–H and O–H groups in total. The number of ether oxygens (including phenoxy) is 2. The van der Waals surface area contributed by atoms with Gasteiger partial charge in [0.1, 0.15) is 12.4 Å². The number of pyridine rings is 1. The fourth-order valence-electron chi connectivity index (χ4n) is 4.21. The molecule has 0 bridgehead atoms. The summed E-state index contributed by atoms with van der Waals surface area (Å²) in [5.74, 6) is 0.737. The Morgan fingerprint density at radius 1 is 0.906 bits per heavy atom. The van der Waals surface area contributed by atoms with E-state index in [4.69, 9.17) is 9.47 Å². The van der Waals surface area contributed by atoms with Crippen molar-refractivity contribution in [3.63, 3.8) is 0 Å². The molecular formula is C26H25ClN2O3. The number of morpholine rings is 1. The fourth-order valence-corrected chi connectivity index (χ4v) is 4.21. The number of carbonyl (C=O) groups excluding carboxylic acids is 1. The van der Waals surface area contributed by atoms with Gasteiger partial charge in [-0.15, -0.1) is 12.4 Å². The molecule has 0 amide bonds. The van der Waals surface area contributed by atoms with Crippen LogP contribution in [0, 0.1) is 0 Å². The van der Waals surface area contributed by atoms with E-state index in [1.54, 1.807) is 12.4 Å². The lowest BCUT2D eigenvalue weighted by molar-refractivity contribution is 0.0322. The van der Waals surface area contributed by atoms with Gasteiger partial charge in [-0.2, -0.15) is 0 Å². The minimum atomic E-state index is 0. The topological polar surface area (TPSA) is 51.7 Å². The molecule has 2 aromatic carbocycles. The molecule has 6 heteroatoms. The van der Waals surface area contributed by atoms with Crippen LogP contribution in [0.2, 0.25) is 0 Å². The smallest absolute Gasteiger partial charge is 0.195 e. The Balaban J connectivity index is 0.00000245. The summed E-state index contributed by atoms with van der Waals surface area (Å²) in [5.41, 5.74) is 5.12. The van der Waals surface area contributed by atoms with Crippen molar-refractivity contribution in [3.8, 4) is 5.75 Å². The van der Waals surface area contributed by atoms with E-state index in [0.29, 0.717) is 17.7 Å². The predicted octanol–water partition coefficient (Wildman–Crippen LogP) is 4.37. The van der Waals surface area contributed by atoms with Gasteiger partial charge in [0, 0.05) is 54.3 Å². The molecular weight excluding hydrogens is 424 g/mol. The molecule has 0 saturated carbocycles. The summed E-state index contributed by atoms with van der Waals surface area (Å²) in [4.78, 5) is 20.1. The third-order valence-corrected chi connectivity index (χ3v) is 5.77. The highest BCUT2D eigenvalue weighted by atomic mass is 35.5. The van der Waals surface area contributed by atoms with Crippen molar-refractivity contribution < 1.29 is 14.3 Å². The van der Waals surface area contributed by atoms with Crippen molar-refractivity contribution in [2.75, 3.05) is 39.5 Å². The number of ketones is 1. The quantitative estimate of drug-likeness (QED) is 0.560. The van der Waals surface area contributed by atoms with Gasteiger partial charge in [0.05, 0.1) is 13.2 Å². The largest absolute Gasteiger partial charge is 0.492 e. The molecule has 3 aromatic rings. The highest BCUT2D eigenvalue weighted by Gasteiger charge is 2.31. The lowest BCUT2D eigenvalue weighted by atomic mass is 9.95. The first-order valence-corrected chi connectivity index (χ1v) is 10.6. The summed E-state index contributed by atoms with van der Waals surface area (Å²) in [6.07, 6.45) is 3.47. The number of aromatic nitrogens is 1. The Bertz CT molecular complexity index is 1110. The number of allylic oxidation sites excluding steroid dienone is 1. The minimum absolute atomic E-state index is 0. The number of nitrogens with zero attached hydrogens (tertiary/aromatic N) is 2. The standard InChI is InChI=1S/C26H24N2O3.ClH/c29-26-23-17-21(31-16-13-28-11-14-30-15-12-28)8-9-22(23)24(19-5-2-1-3-6-19)25(26)20-7-4-10-27-18-20;/h1-10,17-18H,11-16H2;1H. The van der Waals surface area contributed by atoms with Crippen LogP contribution in [0.5, 0.6) is 5.75 Å². The number of hydrogen-bond acceptors (Lipinski definition) is 5. The van der Waals surface area contributed by atoms with E-state index in [1.165, 1.54) is 0 Å². The molecule has 2 heterocycles. The molecule has 1 saturated heterocycles. The first-order chi connectivity index (χ1) is 15.3. The van der Waals surface area contributed by atoms with Gasteiger partial charge < -0.3 is 9.47 Å². The van der Waals surface area contributed by atoms with Gasteiger partial charge in [0.2, 0.25) is 0 Å². The number of halogens is 1. The van der Waals surface area contributed by atoms with Crippen LogP contribution in [-0.4, -0.2) is 55.1 Å². The molecule has 164 valence electrons. The summed E-state index contributed by atoms with van der Waals surface area (Å²) in [6, 6.07) is 19.7. The minimum Gasteiger partial charge on any atom is -0.492 e. The van der Waals surface area contributed by atoms with Gasteiger partial charge >= 0.3 is 0 Å². The predicted molar refractivity (Wildman–Crippen MR) is 127 cm³/mol. The second-order valence-corrected chi connectivity index (χ2v) is 7.70. The van der Waals surface area contributed by atoms with E-state index >= 15 is 0 Å². The molecule has 0 spiro atoms. The summed E-state index contributed by atoms with van der Waals surface area (Å²) in [7, 11) is 0. The molecule has 32 heavy (non-hydrogen) atoms. The first kappa shape index (κ1) is 22.2. The molecule has 5 nitrogen and oxygen atoms in total. The second-order valence-electron chi connectivity index (χ2n) is 7.70. The molecule has 1 aromatic heterocycles. The number of hydrogen-bond donors (Lipinski definition) is 0. The van der Waals surface area contributed by atoms with E-state index in [9.17, 15) is 4.79 Å². The average molecular weight is 449 g/mol. The van der Waals surface area contributed by atoms with Crippen molar-refractivity contribution in [1.29, 1.82) is 0 Å². The number of fused-ring (bicyclic) bond motifs is 1. The summed E-state index contributed by atoms with van der Waals surface area (Å²) < 4.78 is 11.4. The van der Waals surface area contributed by atoms with Crippen LogP contribution in [0.4, 0.5) is 0 Å². The number of carbonyl (C=O) groups is 1. The zero-order chi connectivity index (χ0) is 21.0.